The third-order valence-electron chi connectivity index (χ3n) is 4.35. The van der Waals surface area contributed by atoms with Crippen LogP contribution in [0.5, 0.6) is 0 Å². The van der Waals surface area contributed by atoms with Crippen molar-refractivity contribution in [2.24, 2.45) is 0 Å². The van der Waals surface area contributed by atoms with E-state index in [9.17, 15) is 17.6 Å². The summed E-state index contributed by atoms with van der Waals surface area (Å²) in [6.45, 7) is 3.03. The monoisotopic (exact) mass is 420 g/mol. The SMILES string of the molecule is CCC(=O)N1CC2(CC(NS(=O)(=O)c3ccc(Br)c(F)c3)CO2)C1. The molecule has 6 nitrogen and oxygen atoms in total. The number of likely N-dealkylation sites (tertiary alicyclic amines) is 1. The van der Waals surface area contributed by atoms with E-state index in [1.165, 1.54) is 12.1 Å². The molecule has 3 rings (SSSR count). The molecule has 2 saturated heterocycles. The normalized spacial score (nSPS) is 22.6. The molecule has 1 N–H and O–H groups in total. The summed E-state index contributed by atoms with van der Waals surface area (Å²) in [6.07, 6.45) is 0.944. The van der Waals surface area contributed by atoms with Crippen molar-refractivity contribution in [1.29, 1.82) is 0 Å². The van der Waals surface area contributed by atoms with Gasteiger partial charge >= 0.3 is 0 Å². The van der Waals surface area contributed by atoms with Gasteiger partial charge in [-0.1, -0.05) is 6.92 Å². The molecule has 1 unspecified atom stereocenters. The number of nitrogens with one attached hydrogen (secondary N) is 1. The van der Waals surface area contributed by atoms with Crippen molar-refractivity contribution in [1.82, 2.24) is 9.62 Å². The van der Waals surface area contributed by atoms with Gasteiger partial charge in [-0.2, -0.15) is 0 Å². The molecule has 2 aliphatic rings. The lowest BCUT2D eigenvalue weighted by atomic mass is 9.89. The smallest absolute Gasteiger partial charge is 0.241 e. The van der Waals surface area contributed by atoms with Crippen molar-refractivity contribution in [2.45, 2.75) is 36.3 Å². The molecule has 1 aromatic rings. The molecule has 0 aliphatic carbocycles. The number of rotatable bonds is 4. The van der Waals surface area contributed by atoms with Gasteiger partial charge in [0.1, 0.15) is 11.4 Å². The zero-order valence-electron chi connectivity index (χ0n) is 13.1. The predicted octanol–water partition coefficient (Wildman–Crippen LogP) is 1.65. The van der Waals surface area contributed by atoms with Gasteiger partial charge in [-0.25, -0.2) is 17.5 Å². The Morgan fingerprint density at radius 3 is 2.83 bits per heavy atom. The van der Waals surface area contributed by atoms with Crippen molar-refractivity contribution >= 4 is 31.9 Å². The number of carbonyl (C=O) groups is 1. The second-order valence-corrected chi connectivity index (χ2v) is 8.76. The highest BCUT2D eigenvalue weighted by Crippen LogP contribution is 2.36. The predicted molar refractivity (Wildman–Crippen MR) is 88.4 cm³/mol. The molecule has 24 heavy (non-hydrogen) atoms. The Labute approximate surface area is 148 Å². The van der Waals surface area contributed by atoms with E-state index >= 15 is 0 Å². The van der Waals surface area contributed by atoms with Crippen LogP contribution in [0.4, 0.5) is 4.39 Å². The van der Waals surface area contributed by atoms with E-state index in [1.807, 2.05) is 0 Å². The highest BCUT2D eigenvalue weighted by atomic mass is 79.9. The van der Waals surface area contributed by atoms with Crippen LogP contribution >= 0.6 is 15.9 Å². The minimum Gasteiger partial charge on any atom is -0.370 e. The van der Waals surface area contributed by atoms with E-state index in [-0.39, 0.29) is 27.9 Å². The maximum atomic E-state index is 13.6. The first-order valence-electron chi connectivity index (χ1n) is 7.64. The van der Waals surface area contributed by atoms with E-state index in [2.05, 4.69) is 20.7 Å². The molecule has 2 aliphatic heterocycles. The summed E-state index contributed by atoms with van der Waals surface area (Å²) in [5, 5.41) is 0. The van der Waals surface area contributed by atoms with Gasteiger partial charge in [-0.3, -0.25) is 4.79 Å². The summed E-state index contributed by atoms with van der Waals surface area (Å²) < 4.78 is 46.8. The molecule has 132 valence electrons. The Morgan fingerprint density at radius 2 is 2.21 bits per heavy atom. The molecule has 0 radical (unpaired) electrons. The fourth-order valence-electron chi connectivity index (χ4n) is 3.12. The first-order valence-corrected chi connectivity index (χ1v) is 9.91. The summed E-state index contributed by atoms with van der Waals surface area (Å²) >= 11 is 3.00. The van der Waals surface area contributed by atoms with Gasteiger partial charge in [-0.05, 0) is 40.5 Å². The van der Waals surface area contributed by atoms with Crippen molar-refractivity contribution in [3.8, 4) is 0 Å². The summed E-state index contributed by atoms with van der Waals surface area (Å²) in [7, 11) is -3.82. The average molecular weight is 421 g/mol. The number of carbonyl (C=O) groups excluding carboxylic acids is 1. The third-order valence-corrected chi connectivity index (χ3v) is 6.51. The number of nitrogens with zero attached hydrogens (tertiary/aromatic N) is 1. The summed E-state index contributed by atoms with van der Waals surface area (Å²) in [5.41, 5.74) is -0.455. The molecule has 1 spiro atoms. The van der Waals surface area contributed by atoms with Crippen LogP contribution in [-0.2, 0) is 19.6 Å². The van der Waals surface area contributed by atoms with E-state index < -0.39 is 21.4 Å². The average Bonchev–Trinajstić information content (AvgIpc) is 2.91. The minimum atomic E-state index is -3.82. The number of amides is 1. The maximum Gasteiger partial charge on any atom is 0.241 e. The van der Waals surface area contributed by atoms with Crippen LogP contribution in [0, 0.1) is 5.82 Å². The number of halogens is 2. The van der Waals surface area contributed by atoms with Crippen molar-refractivity contribution < 1.29 is 22.3 Å². The van der Waals surface area contributed by atoms with Crippen LogP contribution < -0.4 is 4.72 Å². The zero-order chi connectivity index (χ0) is 17.5. The third kappa shape index (κ3) is 3.35. The van der Waals surface area contributed by atoms with Crippen molar-refractivity contribution in [3.63, 3.8) is 0 Å². The van der Waals surface area contributed by atoms with Crippen molar-refractivity contribution in [3.05, 3.63) is 28.5 Å². The topological polar surface area (TPSA) is 75.7 Å². The van der Waals surface area contributed by atoms with Gasteiger partial charge in [0, 0.05) is 12.5 Å². The summed E-state index contributed by atoms with van der Waals surface area (Å²) in [5.74, 6) is -0.566. The van der Waals surface area contributed by atoms with Gasteiger partial charge in [0.15, 0.2) is 0 Å². The Bertz CT molecular complexity index is 765. The number of hydrogen-bond donors (Lipinski definition) is 1. The number of sulfonamides is 1. The first kappa shape index (κ1) is 17.8. The van der Waals surface area contributed by atoms with Crippen molar-refractivity contribution in [2.75, 3.05) is 19.7 Å². The molecule has 2 heterocycles. The minimum absolute atomic E-state index is 0.0681. The van der Waals surface area contributed by atoms with E-state index in [0.29, 0.717) is 25.9 Å². The van der Waals surface area contributed by atoms with E-state index in [1.54, 1.807) is 11.8 Å². The van der Waals surface area contributed by atoms with Gasteiger partial charge in [0.05, 0.1) is 29.1 Å². The Morgan fingerprint density at radius 1 is 1.50 bits per heavy atom. The van der Waals surface area contributed by atoms with Gasteiger partial charge in [-0.15, -0.1) is 0 Å². The molecule has 0 aromatic heterocycles. The molecule has 1 amide bonds. The standard InChI is InChI=1S/C15H18BrFN2O4S/c1-2-14(20)19-8-15(9-19)6-10(7-23-15)18-24(21,22)11-3-4-12(16)13(17)5-11/h3-5,10,18H,2,6-9H2,1H3. The first-order chi connectivity index (χ1) is 11.2. The lowest BCUT2D eigenvalue weighted by Gasteiger charge is -2.47. The molecule has 2 fully saturated rings. The molecule has 1 atom stereocenters. The second-order valence-electron chi connectivity index (χ2n) is 6.20. The summed E-state index contributed by atoms with van der Waals surface area (Å²) in [4.78, 5) is 13.2. The highest BCUT2D eigenvalue weighted by Gasteiger charge is 2.51. The van der Waals surface area contributed by atoms with Crippen LogP contribution in [0.15, 0.2) is 27.6 Å². The quantitative estimate of drug-likeness (QED) is 0.803. The Kier molecular flexibility index (Phi) is 4.71. The van der Waals surface area contributed by atoms with Crippen LogP contribution in [-0.4, -0.2) is 50.6 Å². The van der Waals surface area contributed by atoms with Crippen LogP contribution in [0.25, 0.3) is 0 Å². The molecule has 0 bridgehead atoms. The Hall–Kier alpha value is -1.03. The maximum absolute atomic E-state index is 13.6. The van der Waals surface area contributed by atoms with E-state index in [4.69, 9.17) is 4.74 Å². The van der Waals surface area contributed by atoms with Gasteiger partial charge in [0.25, 0.3) is 0 Å². The summed E-state index contributed by atoms with van der Waals surface area (Å²) in [6, 6.07) is 3.28. The second kappa shape index (κ2) is 6.36. The number of ether oxygens (including phenoxy) is 1. The van der Waals surface area contributed by atoms with Crippen LogP contribution in [0.2, 0.25) is 0 Å². The van der Waals surface area contributed by atoms with Gasteiger partial charge in [0.2, 0.25) is 15.9 Å². The fraction of sp³-hybridized carbons (Fsp3) is 0.533. The number of benzene rings is 1. The highest BCUT2D eigenvalue weighted by molar-refractivity contribution is 9.10. The van der Waals surface area contributed by atoms with Gasteiger partial charge < -0.3 is 9.64 Å². The molecular formula is C15H18BrFN2O4S. The largest absolute Gasteiger partial charge is 0.370 e. The fourth-order valence-corrected chi connectivity index (χ4v) is 4.60. The Balaban J connectivity index is 1.63. The lowest BCUT2D eigenvalue weighted by molar-refractivity contribution is -0.157. The molecular weight excluding hydrogens is 403 g/mol. The number of hydrogen-bond acceptors (Lipinski definition) is 4. The van der Waals surface area contributed by atoms with Crippen LogP contribution in [0.3, 0.4) is 0 Å². The molecule has 9 heteroatoms. The van der Waals surface area contributed by atoms with E-state index in [0.717, 1.165) is 6.07 Å². The molecule has 0 saturated carbocycles. The zero-order valence-corrected chi connectivity index (χ0v) is 15.5. The molecule has 1 aromatic carbocycles. The lowest BCUT2D eigenvalue weighted by Crippen LogP contribution is -2.63. The van der Waals surface area contributed by atoms with Crippen LogP contribution in [0.1, 0.15) is 19.8 Å².